The van der Waals surface area contributed by atoms with Gasteiger partial charge >= 0.3 is 5.97 Å². The number of hydrogen-bond donors (Lipinski definition) is 2. The van der Waals surface area contributed by atoms with Crippen LogP contribution in [0.4, 0.5) is 0 Å². The molecule has 0 aromatic rings. The highest BCUT2D eigenvalue weighted by Gasteiger charge is 2.35. The molecule has 1 atom stereocenters. The van der Waals surface area contributed by atoms with Crippen molar-refractivity contribution in [3.8, 4) is 0 Å². The molecule has 1 aliphatic carbocycles. The van der Waals surface area contributed by atoms with E-state index in [2.05, 4.69) is 24.1 Å². The van der Waals surface area contributed by atoms with Crippen molar-refractivity contribution in [2.45, 2.75) is 76.4 Å². The molecule has 1 aliphatic heterocycles. The molecule has 0 bridgehead atoms. The summed E-state index contributed by atoms with van der Waals surface area (Å²) in [5, 5.41) is 12.5. The summed E-state index contributed by atoms with van der Waals surface area (Å²) in [7, 11) is 0. The van der Waals surface area contributed by atoms with Crippen LogP contribution in [0.5, 0.6) is 0 Å². The van der Waals surface area contributed by atoms with Gasteiger partial charge in [0, 0.05) is 37.1 Å². The van der Waals surface area contributed by atoms with Gasteiger partial charge in [0.15, 0.2) is 0 Å². The van der Waals surface area contributed by atoms with Crippen molar-refractivity contribution in [3.05, 3.63) is 0 Å². The van der Waals surface area contributed by atoms with Gasteiger partial charge in [0.2, 0.25) is 0 Å². The van der Waals surface area contributed by atoms with E-state index in [0.29, 0.717) is 6.04 Å². The molecule has 0 amide bonds. The van der Waals surface area contributed by atoms with Gasteiger partial charge in [-0.15, -0.1) is 0 Å². The minimum atomic E-state index is -0.686. The van der Waals surface area contributed by atoms with Crippen molar-refractivity contribution in [1.29, 1.82) is 0 Å². The fourth-order valence-corrected chi connectivity index (χ4v) is 3.68. The number of aliphatic carboxylic acids is 1. The van der Waals surface area contributed by atoms with Crippen LogP contribution in [0.15, 0.2) is 0 Å². The molecule has 19 heavy (non-hydrogen) atoms. The molecule has 1 saturated heterocycles. The second-order valence-electron chi connectivity index (χ2n) is 6.88. The number of carboxylic acid groups (broad SMARTS) is 1. The molecular weight excluding hydrogens is 240 g/mol. The Bertz CT molecular complexity index is 311. The molecule has 2 rings (SSSR count). The van der Waals surface area contributed by atoms with E-state index in [9.17, 15) is 4.79 Å². The van der Waals surface area contributed by atoms with Crippen molar-refractivity contribution < 1.29 is 9.90 Å². The summed E-state index contributed by atoms with van der Waals surface area (Å²) >= 11 is 0. The van der Waals surface area contributed by atoms with Crippen LogP contribution in [-0.2, 0) is 4.79 Å². The minimum absolute atomic E-state index is 0.0961. The summed E-state index contributed by atoms with van der Waals surface area (Å²) < 4.78 is 0. The maximum absolute atomic E-state index is 10.7. The predicted molar refractivity (Wildman–Crippen MR) is 76.3 cm³/mol. The van der Waals surface area contributed by atoms with Gasteiger partial charge in [-0.2, -0.15) is 0 Å². The smallest absolute Gasteiger partial charge is 0.303 e. The van der Waals surface area contributed by atoms with Crippen LogP contribution >= 0.6 is 0 Å². The van der Waals surface area contributed by atoms with Crippen molar-refractivity contribution in [3.63, 3.8) is 0 Å². The first-order chi connectivity index (χ1) is 8.96. The van der Waals surface area contributed by atoms with Crippen LogP contribution < -0.4 is 5.32 Å². The number of carbonyl (C=O) groups is 1. The molecule has 4 heteroatoms. The van der Waals surface area contributed by atoms with Gasteiger partial charge in [-0.3, -0.25) is 9.69 Å². The molecular formula is C15H28N2O2. The van der Waals surface area contributed by atoms with Crippen LogP contribution in [0.3, 0.4) is 0 Å². The monoisotopic (exact) mass is 268 g/mol. The number of piperazine rings is 1. The summed E-state index contributed by atoms with van der Waals surface area (Å²) in [5.41, 5.74) is 0.0961. The number of nitrogens with one attached hydrogen (secondary N) is 1. The highest BCUT2D eigenvalue weighted by molar-refractivity contribution is 5.66. The van der Waals surface area contributed by atoms with Crippen LogP contribution in [0.1, 0.15) is 58.8 Å². The molecule has 1 heterocycles. The largest absolute Gasteiger partial charge is 0.481 e. The second kappa shape index (κ2) is 6.23. The topological polar surface area (TPSA) is 52.6 Å². The lowest BCUT2D eigenvalue weighted by Crippen LogP contribution is -2.64. The minimum Gasteiger partial charge on any atom is -0.481 e. The van der Waals surface area contributed by atoms with Gasteiger partial charge in [-0.25, -0.2) is 0 Å². The van der Waals surface area contributed by atoms with Gasteiger partial charge in [0.05, 0.1) is 0 Å². The van der Waals surface area contributed by atoms with Gasteiger partial charge in [-0.1, -0.05) is 19.3 Å². The Kier molecular flexibility index (Phi) is 4.85. The number of rotatable bonds is 4. The van der Waals surface area contributed by atoms with E-state index in [-0.39, 0.29) is 12.0 Å². The fourth-order valence-electron chi connectivity index (χ4n) is 3.68. The molecule has 0 aromatic heterocycles. The number of hydrogen-bond acceptors (Lipinski definition) is 3. The molecule has 2 N–H and O–H groups in total. The zero-order chi connectivity index (χ0) is 13.9. The maximum Gasteiger partial charge on any atom is 0.303 e. The first kappa shape index (κ1) is 14.8. The normalized spacial score (nSPS) is 29.3. The molecule has 0 spiro atoms. The summed E-state index contributed by atoms with van der Waals surface area (Å²) in [5.74, 6) is -0.686. The molecule has 110 valence electrons. The molecule has 4 nitrogen and oxygen atoms in total. The lowest BCUT2D eigenvalue weighted by Gasteiger charge is -2.47. The Balaban J connectivity index is 1.93. The SMILES string of the molecule is CC1(C)CN(C2CCCCC2)CC(CCC(=O)O)N1. The van der Waals surface area contributed by atoms with E-state index in [0.717, 1.165) is 25.6 Å². The van der Waals surface area contributed by atoms with Crippen LogP contribution in [-0.4, -0.2) is 46.7 Å². The van der Waals surface area contributed by atoms with E-state index in [1.807, 2.05) is 0 Å². The summed E-state index contributed by atoms with van der Waals surface area (Å²) in [4.78, 5) is 13.4. The molecule has 2 aliphatic rings. The molecule has 2 fully saturated rings. The molecule has 0 aromatic carbocycles. The maximum atomic E-state index is 10.7. The zero-order valence-corrected chi connectivity index (χ0v) is 12.3. The standard InChI is InChI=1S/C15H28N2O2/c1-15(2)11-17(13-6-4-3-5-7-13)10-12(16-15)8-9-14(18)19/h12-13,16H,3-11H2,1-2H3,(H,18,19). The van der Waals surface area contributed by atoms with Crippen LogP contribution in [0.2, 0.25) is 0 Å². The molecule has 0 radical (unpaired) electrons. The average Bonchev–Trinajstić information content (AvgIpc) is 2.35. The average molecular weight is 268 g/mol. The van der Waals surface area contributed by atoms with Crippen molar-refractivity contribution in [1.82, 2.24) is 10.2 Å². The lowest BCUT2D eigenvalue weighted by molar-refractivity contribution is -0.137. The molecule has 1 unspecified atom stereocenters. The number of carboxylic acids is 1. The third-order valence-electron chi connectivity index (χ3n) is 4.45. The van der Waals surface area contributed by atoms with Gasteiger partial charge in [0.1, 0.15) is 0 Å². The first-order valence-corrected chi connectivity index (χ1v) is 7.70. The summed E-state index contributed by atoms with van der Waals surface area (Å²) in [6, 6.07) is 1.05. The van der Waals surface area contributed by atoms with Crippen molar-refractivity contribution >= 4 is 5.97 Å². The number of nitrogens with zero attached hydrogens (tertiary/aromatic N) is 1. The van der Waals surface area contributed by atoms with Crippen molar-refractivity contribution in [2.75, 3.05) is 13.1 Å². The summed E-state index contributed by atoms with van der Waals surface area (Å²) in [6.45, 7) is 6.56. The Hall–Kier alpha value is -0.610. The Morgan fingerprint density at radius 3 is 2.63 bits per heavy atom. The highest BCUT2D eigenvalue weighted by atomic mass is 16.4. The van der Waals surface area contributed by atoms with E-state index < -0.39 is 5.97 Å². The zero-order valence-electron chi connectivity index (χ0n) is 12.3. The Morgan fingerprint density at radius 1 is 1.32 bits per heavy atom. The quantitative estimate of drug-likeness (QED) is 0.821. The van der Waals surface area contributed by atoms with E-state index in [4.69, 9.17) is 5.11 Å². The summed E-state index contributed by atoms with van der Waals surface area (Å²) in [6.07, 6.45) is 7.75. The van der Waals surface area contributed by atoms with Gasteiger partial charge in [0.25, 0.3) is 0 Å². The second-order valence-corrected chi connectivity index (χ2v) is 6.88. The Morgan fingerprint density at radius 2 is 2.00 bits per heavy atom. The highest BCUT2D eigenvalue weighted by Crippen LogP contribution is 2.27. The van der Waals surface area contributed by atoms with Gasteiger partial charge in [-0.05, 0) is 33.1 Å². The molecule has 1 saturated carbocycles. The van der Waals surface area contributed by atoms with E-state index >= 15 is 0 Å². The Labute approximate surface area is 116 Å². The first-order valence-electron chi connectivity index (χ1n) is 7.70. The predicted octanol–water partition coefficient (Wildman–Crippen LogP) is 2.24. The fraction of sp³-hybridized carbons (Fsp3) is 0.933. The third-order valence-corrected chi connectivity index (χ3v) is 4.45. The third kappa shape index (κ3) is 4.46. The van der Waals surface area contributed by atoms with Crippen molar-refractivity contribution in [2.24, 2.45) is 0 Å². The van der Waals surface area contributed by atoms with Gasteiger partial charge < -0.3 is 10.4 Å². The van der Waals surface area contributed by atoms with Crippen LogP contribution in [0.25, 0.3) is 0 Å². The lowest BCUT2D eigenvalue weighted by atomic mass is 9.89. The van der Waals surface area contributed by atoms with E-state index in [1.54, 1.807) is 0 Å². The van der Waals surface area contributed by atoms with Crippen LogP contribution in [0, 0.1) is 0 Å². The van der Waals surface area contributed by atoms with E-state index in [1.165, 1.54) is 32.1 Å².